The van der Waals surface area contributed by atoms with E-state index in [1.807, 2.05) is 0 Å². The molecule has 1 heterocycles. The van der Waals surface area contributed by atoms with E-state index in [1.54, 1.807) is 20.8 Å². The monoisotopic (exact) mass is 530 g/mol. The smallest absolute Gasteiger partial charge is 0.407 e. The molecule has 0 saturated carbocycles. The van der Waals surface area contributed by atoms with Crippen molar-refractivity contribution < 1.29 is 27.5 Å². The third-order valence-corrected chi connectivity index (χ3v) is 6.31. The first-order valence-corrected chi connectivity index (χ1v) is 12.8. The summed E-state index contributed by atoms with van der Waals surface area (Å²) in [6, 6.07) is 7.34. The van der Waals surface area contributed by atoms with Crippen LogP contribution in [0.25, 0.3) is 0 Å². The van der Waals surface area contributed by atoms with Crippen molar-refractivity contribution in [3.05, 3.63) is 64.1 Å². The van der Waals surface area contributed by atoms with Gasteiger partial charge in [-0.1, -0.05) is 6.07 Å². The van der Waals surface area contributed by atoms with E-state index in [1.165, 1.54) is 24.3 Å². The number of carbonyl (C=O) groups excluding carboxylic acids is 3. The van der Waals surface area contributed by atoms with E-state index in [9.17, 15) is 27.6 Å². The van der Waals surface area contributed by atoms with Gasteiger partial charge in [-0.2, -0.15) is 0 Å². The van der Waals surface area contributed by atoms with Gasteiger partial charge in [0.25, 0.3) is 27.4 Å². The van der Waals surface area contributed by atoms with Crippen molar-refractivity contribution >= 4 is 27.9 Å². The number of amides is 3. The van der Waals surface area contributed by atoms with E-state index in [2.05, 4.69) is 21.9 Å². The number of nitrogens with zero attached hydrogens (tertiary/aromatic N) is 1. The number of hydrogen-bond acceptors (Lipinski definition) is 7. The van der Waals surface area contributed by atoms with E-state index in [-0.39, 0.29) is 29.1 Å². The van der Waals surface area contributed by atoms with Crippen molar-refractivity contribution in [3.8, 4) is 12.3 Å². The second kappa shape index (κ2) is 12.7. The first-order valence-electron chi connectivity index (χ1n) is 11.4. The van der Waals surface area contributed by atoms with Crippen molar-refractivity contribution in [3.63, 3.8) is 0 Å². The highest BCUT2D eigenvalue weighted by molar-refractivity contribution is 7.90. The largest absolute Gasteiger partial charge is 0.444 e. The fourth-order valence-corrected chi connectivity index (χ4v) is 4.26. The predicted molar refractivity (Wildman–Crippen MR) is 137 cm³/mol. The molecule has 1 aromatic carbocycles. The average molecular weight is 531 g/mol. The molecule has 1 aromatic heterocycles. The van der Waals surface area contributed by atoms with Gasteiger partial charge >= 0.3 is 6.09 Å². The lowest BCUT2D eigenvalue weighted by atomic mass is 10.2. The van der Waals surface area contributed by atoms with Crippen LogP contribution in [0.1, 0.15) is 54.3 Å². The number of carbonyl (C=O) groups is 3. The standard InChI is InChI=1S/C25H30N4O7S/c1-5-6-7-13-26-22(31)18-9-8-10-20(16-18)37(34,35)29-17-19(11-12-21(29)30)23(32)27-14-15-28-24(33)36-25(2,3)4/h1,8-12,16-17H,6-7,13-15H2,2-4H3,(H,26,31)(H,27,32)(H,28,33). The van der Waals surface area contributed by atoms with Gasteiger partial charge in [0.15, 0.2) is 0 Å². The van der Waals surface area contributed by atoms with E-state index < -0.39 is 39.1 Å². The molecule has 0 unspecified atom stereocenters. The molecule has 37 heavy (non-hydrogen) atoms. The van der Waals surface area contributed by atoms with Gasteiger partial charge in [0, 0.05) is 43.9 Å². The molecule has 2 rings (SSSR count). The minimum atomic E-state index is -4.42. The summed E-state index contributed by atoms with van der Waals surface area (Å²) in [5.74, 6) is 1.31. The first-order chi connectivity index (χ1) is 17.3. The highest BCUT2D eigenvalue weighted by Crippen LogP contribution is 2.15. The SMILES string of the molecule is C#CCCCNC(=O)c1cccc(S(=O)(=O)n2cc(C(=O)NCCNC(=O)OC(C)(C)C)ccc2=O)c1. The number of alkyl carbamates (subject to hydrolysis) is 1. The Morgan fingerprint density at radius 1 is 0.973 bits per heavy atom. The number of pyridine rings is 1. The number of nitrogens with one attached hydrogen (secondary N) is 3. The third-order valence-electron chi connectivity index (χ3n) is 4.66. The highest BCUT2D eigenvalue weighted by atomic mass is 32.2. The summed E-state index contributed by atoms with van der Waals surface area (Å²) in [4.78, 5) is 48.6. The maximum absolute atomic E-state index is 13.2. The third kappa shape index (κ3) is 8.80. The lowest BCUT2D eigenvalue weighted by molar-refractivity contribution is 0.0526. The summed E-state index contributed by atoms with van der Waals surface area (Å²) in [5, 5.41) is 7.65. The Balaban J connectivity index is 2.13. The van der Waals surface area contributed by atoms with Gasteiger partial charge in [0.05, 0.1) is 10.5 Å². The Morgan fingerprint density at radius 2 is 1.62 bits per heavy atom. The van der Waals surface area contributed by atoms with Crippen LogP contribution in [0.5, 0.6) is 0 Å². The molecule has 2 aromatic rings. The molecule has 0 saturated heterocycles. The first kappa shape index (κ1) is 29.1. The molecule has 0 aliphatic rings. The van der Waals surface area contributed by atoms with Crippen molar-refractivity contribution in [2.24, 2.45) is 0 Å². The van der Waals surface area contributed by atoms with Crippen molar-refractivity contribution in [1.82, 2.24) is 19.9 Å². The van der Waals surface area contributed by atoms with Crippen LogP contribution in [0.15, 0.2) is 52.3 Å². The molecule has 3 amide bonds. The summed E-state index contributed by atoms with van der Waals surface area (Å²) < 4.78 is 31.9. The molecule has 0 atom stereocenters. The van der Waals surface area contributed by atoms with Gasteiger partial charge in [-0.25, -0.2) is 17.2 Å². The number of unbranched alkanes of at least 4 members (excludes halogenated alkanes) is 1. The summed E-state index contributed by atoms with van der Waals surface area (Å²) in [6.45, 7) is 5.56. The molecule has 11 nitrogen and oxygen atoms in total. The summed E-state index contributed by atoms with van der Waals surface area (Å²) in [5.41, 5.74) is -1.56. The van der Waals surface area contributed by atoms with Crippen LogP contribution in [0, 0.1) is 12.3 Å². The van der Waals surface area contributed by atoms with E-state index in [4.69, 9.17) is 11.2 Å². The quantitative estimate of drug-likeness (QED) is 0.311. The second-order valence-electron chi connectivity index (χ2n) is 8.83. The number of rotatable bonds is 10. The van der Waals surface area contributed by atoms with Crippen LogP contribution < -0.4 is 21.5 Å². The Bertz CT molecular complexity index is 1350. The average Bonchev–Trinajstić information content (AvgIpc) is 2.83. The number of hydrogen-bond donors (Lipinski definition) is 3. The zero-order chi connectivity index (χ0) is 27.6. The number of benzene rings is 1. The summed E-state index contributed by atoms with van der Waals surface area (Å²) in [7, 11) is -4.42. The number of ether oxygens (including phenoxy) is 1. The van der Waals surface area contributed by atoms with Gasteiger partial charge in [-0.3, -0.25) is 14.4 Å². The lowest BCUT2D eigenvalue weighted by Crippen LogP contribution is -2.38. The van der Waals surface area contributed by atoms with Crippen molar-refractivity contribution in [2.75, 3.05) is 19.6 Å². The molecule has 0 fully saturated rings. The fourth-order valence-electron chi connectivity index (χ4n) is 2.95. The molecule has 12 heteroatoms. The van der Waals surface area contributed by atoms with Crippen LogP contribution in [-0.2, 0) is 14.8 Å². The minimum absolute atomic E-state index is 0.0302. The summed E-state index contributed by atoms with van der Waals surface area (Å²) >= 11 is 0. The normalized spacial score (nSPS) is 11.2. The fraction of sp³-hybridized carbons (Fsp3) is 0.360. The maximum atomic E-state index is 13.2. The predicted octanol–water partition coefficient (Wildman–Crippen LogP) is 1.48. The van der Waals surface area contributed by atoms with Crippen molar-refractivity contribution in [2.45, 2.75) is 44.1 Å². The molecule has 0 aliphatic heterocycles. The van der Waals surface area contributed by atoms with Gasteiger partial charge in [-0.05, 0) is 51.5 Å². The number of aromatic nitrogens is 1. The van der Waals surface area contributed by atoms with Crippen LogP contribution in [0.3, 0.4) is 0 Å². The van der Waals surface area contributed by atoms with Gasteiger partial charge in [0.1, 0.15) is 5.60 Å². The second-order valence-corrected chi connectivity index (χ2v) is 10.6. The van der Waals surface area contributed by atoms with Crippen LogP contribution in [0.2, 0.25) is 0 Å². The molecule has 0 spiro atoms. The summed E-state index contributed by atoms with van der Waals surface area (Å²) in [6.07, 6.45) is 6.49. The topological polar surface area (TPSA) is 153 Å². The molecular weight excluding hydrogens is 500 g/mol. The molecule has 0 bridgehead atoms. The zero-order valence-electron chi connectivity index (χ0n) is 20.9. The van der Waals surface area contributed by atoms with Crippen LogP contribution in [0.4, 0.5) is 4.79 Å². The Hall–Kier alpha value is -4.11. The molecule has 0 aliphatic carbocycles. The van der Waals surface area contributed by atoms with E-state index >= 15 is 0 Å². The van der Waals surface area contributed by atoms with Gasteiger partial charge < -0.3 is 20.7 Å². The molecule has 198 valence electrons. The minimum Gasteiger partial charge on any atom is -0.444 e. The van der Waals surface area contributed by atoms with E-state index in [0.29, 0.717) is 23.4 Å². The highest BCUT2D eigenvalue weighted by Gasteiger charge is 2.22. The Morgan fingerprint density at radius 3 is 2.30 bits per heavy atom. The lowest BCUT2D eigenvalue weighted by Gasteiger charge is -2.19. The van der Waals surface area contributed by atoms with Gasteiger partial charge in [-0.15, -0.1) is 12.3 Å². The molecule has 3 N–H and O–H groups in total. The van der Waals surface area contributed by atoms with E-state index in [0.717, 1.165) is 18.3 Å². The molecular formula is C25H30N4O7S. The molecule has 0 radical (unpaired) electrons. The van der Waals surface area contributed by atoms with Crippen LogP contribution in [-0.4, -0.2) is 55.5 Å². The Labute approximate surface area is 215 Å². The number of terminal acetylenes is 1. The van der Waals surface area contributed by atoms with Crippen molar-refractivity contribution in [1.29, 1.82) is 0 Å². The van der Waals surface area contributed by atoms with Gasteiger partial charge in [0.2, 0.25) is 0 Å². The zero-order valence-corrected chi connectivity index (χ0v) is 21.7. The van der Waals surface area contributed by atoms with Crippen LogP contribution >= 0.6 is 0 Å². The maximum Gasteiger partial charge on any atom is 0.407 e. The Kier molecular flexibility index (Phi) is 10.0.